The molecular formula is C18H17Cl2NO2. The first kappa shape index (κ1) is 16.3. The van der Waals surface area contributed by atoms with Gasteiger partial charge in [-0.3, -0.25) is 4.79 Å². The van der Waals surface area contributed by atoms with Crippen molar-refractivity contribution in [2.24, 2.45) is 0 Å². The van der Waals surface area contributed by atoms with Crippen molar-refractivity contribution in [2.75, 3.05) is 19.7 Å². The molecule has 5 heteroatoms. The van der Waals surface area contributed by atoms with E-state index in [0.717, 1.165) is 11.1 Å². The molecule has 1 atom stereocenters. The van der Waals surface area contributed by atoms with Crippen molar-refractivity contribution in [3.05, 3.63) is 69.7 Å². The Bertz CT molecular complexity index is 670. The number of amides is 1. The smallest absolute Gasteiger partial charge is 0.227 e. The SMILES string of the molecule is O=C(Cc1ccc(Cl)cc1)N1CCOC(c2ccc(Cl)cc2)C1. The number of nitrogens with zero attached hydrogens (tertiary/aromatic N) is 1. The van der Waals surface area contributed by atoms with Crippen molar-refractivity contribution in [2.45, 2.75) is 12.5 Å². The standard InChI is InChI=1S/C18H17Cl2NO2/c19-15-5-1-13(2-6-15)11-18(22)21-9-10-23-17(12-21)14-3-7-16(20)8-4-14/h1-8,17H,9-12H2. The fourth-order valence-electron chi connectivity index (χ4n) is 2.64. The monoisotopic (exact) mass is 349 g/mol. The molecule has 0 N–H and O–H groups in total. The summed E-state index contributed by atoms with van der Waals surface area (Å²) in [6.07, 6.45) is 0.278. The van der Waals surface area contributed by atoms with Crippen LogP contribution in [-0.4, -0.2) is 30.5 Å². The summed E-state index contributed by atoms with van der Waals surface area (Å²) in [6.45, 7) is 1.73. The molecule has 0 aromatic heterocycles. The quantitative estimate of drug-likeness (QED) is 0.833. The van der Waals surface area contributed by atoms with Crippen LogP contribution < -0.4 is 0 Å². The van der Waals surface area contributed by atoms with Gasteiger partial charge in [0.15, 0.2) is 0 Å². The molecule has 0 saturated carbocycles. The number of rotatable bonds is 3. The number of morpholine rings is 1. The molecule has 0 radical (unpaired) electrons. The number of benzene rings is 2. The Morgan fingerprint density at radius 1 is 1.04 bits per heavy atom. The van der Waals surface area contributed by atoms with Crippen LogP contribution in [0.3, 0.4) is 0 Å². The van der Waals surface area contributed by atoms with E-state index in [1.165, 1.54) is 0 Å². The van der Waals surface area contributed by atoms with E-state index in [-0.39, 0.29) is 12.0 Å². The number of hydrogen-bond acceptors (Lipinski definition) is 2. The number of carbonyl (C=O) groups is 1. The second kappa shape index (κ2) is 7.35. The highest BCUT2D eigenvalue weighted by Gasteiger charge is 2.25. The van der Waals surface area contributed by atoms with Gasteiger partial charge in [0.05, 0.1) is 19.6 Å². The molecule has 0 spiro atoms. The molecule has 1 aliphatic rings. The summed E-state index contributed by atoms with van der Waals surface area (Å²) in [5.74, 6) is 0.106. The van der Waals surface area contributed by atoms with E-state index in [4.69, 9.17) is 27.9 Å². The third-order valence-corrected chi connectivity index (χ3v) is 4.43. The zero-order chi connectivity index (χ0) is 16.2. The van der Waals surface area contributed by atoms with E-state index < -0.39 is 0 Å². The Balaban J connectivity index is 1.64. The Labute approximate surface area is 145 Å². The van der Waals surface area contributed by atoms with E-state index in [1.807, 2.05) is 41.3 Å². The van der Waals surface area contributed by atoms with Gasteiger partial charge in [-0.25, -0.2) is 0 Å². The zero-order valence-electron chi connectivity index (χ0n) is 12.5. The number of hydrogen-bond donors (Lipinski definition) is 0. The molecular weight excluding hydrogens is 333 g/mol. The third kappa shape index (κ3) is 4.25. The molecule has 2 aromatic rings. The van der Waals surface area contributed by atoms with Crippen LogP contribution in [-0.2, 0) is 16.0 Å². The Morgan fingerprint density at radius 2 is 1.65 bits per heavy atom. The van der Waals surface area contributed by atoms with Gasteiger partial charge < -0.3 is 9.64 Å². The van der Waals surface area contributed by atoms with Crippen LogP contribution in [0, 0.1) is 0 Å². The molecule has 1 unspecified atom stereocenters. The number of halogens is 2. The average molecular weight is 350 g/mol. The van der Waals surface area contributed by atoms with Gasteiger partial charge >= 0.3 is 0 Å². The first-order chi connectivity index (χ1) is 11.1. The summed E-state index contributed by atoms with van der Waals surface area (Å²) >= 11 is 11.8. The minimum atomic E-state index is -0.102. The summed E-state index contributed by atoms with van der Waals surface area (Å²) in [5, 5.41) is 1.37. The Kier molecular flexibility index (Phi) is 5.21. The van der Waals surface area contributed by atoms with Gasteiger partial charge in [0.25, 0.3) is 0 Å². The lowest BCUT2D eigenvalue weighted by atomic mass is 10.1. The Hall–Kier alpha value is -1.55. The molecule has 23 heavy (non-hydrogen) atoms. The average Bonchev–Trinajstić information content (AvgIpc) is 2.58. The first-order valence-electron chi connectivity index (χ1n) is 7.51. The van der Waals surface area contributed by atoms with Crippen molar-refractivity contribution in [3.8, 4) is 0 Å². The maximum Gasteiger partial charge on any atom is 0.227 e. The normalized spacial score (nSPS) is 18.0. The van der Waals surface area contributed by atoms with E-state index in [1.54, 1.807) is 12.1 Å². The fourth-order valence-corrected chi connectivity index (χ4v) is 2.90. The summed E-state index contributed by atoms with van der Waals surface area (Å²) in [5.41, 5.74) is 2.01. The highest BCUT2D eigenvalue weighted by molar-refractivity contribution is 6.30. The van der Waals surface area contributed by atoms with Gasteiger partial charge in [-0.1, -0.05) is 47.5 Å². The van der Waals surface area contributed by atoms with Gasteiger partial charge in [0.2, 0.25) is 5.91 Å². The molecule has 1 fully saturated rings. The fraction of sp³-hybridized carbons (Fsp3) is 0.278. The third-order valence-electron chi connectivity index (χ3n) is 3.93. The van der Waals surface area contributed by atoms with Gasteiger partial charge in [-0.15, -0.1) is 0 Å². The van der Waals surface area contributed by atoms with Crippen molar-refractivity contribution in [1.82, 2.24) is 4.90 Å². The maximum atomic E-state index is 12.5. The lowest BCUT2D eigenvalue weighted by Gasteiger charge is -2.33. The van der Waals surface area contributed by atoms with Crippen LogP contribution in [0.4, 0.5) is 0 Å². The van der Waals surface area contributed by atoms with Gasteiger partial charge in [0.1, 0.15) is 6.10 Å². The van der Waals surface area contributed by atoms with Crippen LogP contribution in [0.1, 0.15) is 17.2 Å². The minimum Gasteiger partial charge on any atom is -0.370 e. The molecule has 0 aliphatic carbocycles. The van der Waals surface area contributed by atoms with E-state index >= 15 is 0 Å². The van der Waals surface area contributed by atoms with Gasteiger partial charge in [0, 0.05) is 16.6 Å². The lowest BCUT2D eigenvalue weighted by molar-refractivity contribution is -0.138. The van der Waals surface area contributed by atoms with Crippen molar-refractivity contribution in [1.29, 1.82) is 0 Å². The molecule has 1 saturated heterocycles. The summed E-state index contributed by atoms with van der Waals surface area (Å²) < 4.78 is 5.80. The van der Waals surface area contributed by atoms with Crippen molar-refractivity contribution >= 4 is 29.1 Å². The Morgan fingerprint density at radius 3 is 2.30 bits per heavy atom. The van der Waals surface area contributed by atoms with E-state index in [0.29, 0.717) is 36.2 Å². The highest BCUT2D eigenvalue weighted by atomic mass is 35.5. The molecule has 1 amide bonds. The maximum absolute atomic E-state index is 12.5. The van der Waals surface area contributed by atoms with Crippen LogP contribution in [0.2, 0.25) is 10.0 Å². The van der Waals surface area contributed by atoms with Gasteiger partial charge in [-0.2, -0.15) is 0 Å². The van der Waals surface area contributed by atoms with Crippen LogP contribution in [0.5, 0.6) is 0 Å². The largest absolute Gasteiger partial charge is 0.370 e. The molecule has 3 nitrogen and oxygen atoms in total. The van der Waals surface area contributed by atoms with Gasteiger partial charge in [-0.05, 0) is 35.4 Å². The van der Waals surface area contributed by atoms with Crippen molar-refractivity contribution in [3.63, 3.8) is 0 Å². The molecule has 3 rings (SSSR count). The highest BCUT2D eigenvalue weighted by Crippen LogP contribution is 2.24. The molecule has 2 aromatic carbocycles. The number of ether oxygens (including phenoxy) is 1. The molecule has 1 aliphatic heterocycles. The minimum absolute atomic E-state index is 0.102. The van der Waals surface area contributed by atoms with Crippen LogP contribution in [0.15, 0.2) is 48.5 Å². The predicted molar refractivity (Wildman–Crippen MR) is 91.9 cm³/mol. The van der Waals surface area contributed by atoms with Crippen LogP contribution in [0.25, 0.3) is 0 Å². The summed E-state index contributed by atoms with van der Waals surface area (Å²) in [4.78, 5) is 14.4. The van der Waals surface area contributed by atoms with E-state index in [9.17, 15) is 4.79 Å². The molecule has 1 heterocycles. The second-order valence-corrected chi connectivity index (χ2v) is 6.43. The summed E-state index contributed by atoms with van der Waals surface area (Å²) in [7, 11) is 0. The summed E-state index contributed by atoms with van der Waals surface area (Å²) in [6, 6.07) is 15.0. The topological polar surface area (TPSA) is 29.5 Å². The second-order valence-electron chi connectivity index (χ2n) is 5.55. The zero-order valence-corrected chi connectivity index (χ0v) is 14.1. The predicted octanol–water partition coefficient (Wildman–Crippen LogP) is 4.14. The molecule has 120 valence electrons. The van der Waals surface area contributed by atoms with Crippen molar-refractivity contribution < 1.29 is 9.53 Å². The molecule has 0 bridgehead atoms. The van der Waals surface area contributed by atoms with Crippen LogP contribution >= 0.6 is 23.2 Å². The number of carbonyl (C=O) groups excluding carboxylic acids is 1. The van der Waals surface area contributed by atoms with E-state index in [2.05, 4.69) is 0 Å². The lowest BCUT2D eigenvalue weighted by Crippen LogP contribution is -2.42. The first-order valence-corrected chi connectivity index (χ1v) is 8.27.